The molecule has 0 aromatic carbocycles. The average molecular weight is 158 g/mol. The maximum Gasteiger partial charge on any atom is 0.220 e. The Morgan fingerprint density at radius 1 is 1.55 bits per heavy atom. The third-order valence-corrected chi connectivity index (χ3v) is 1.83. The Morgan fingerprint density at radius 3 is 2.73 bits per heavy atom. The van der Waals surface area contributed by atoms with Gasteiger partial charge in [0.15, 0.2) is 0 Å². The van der Waals surface area contributed by atoms with Crippen LogP contribution in [0.3, 0.4) is 0 Å². The van der Waals surface area contributed by atoms with E-state index >= 15 is 0 Å². The first kappa shape index (κ1) is 8.49. The van der Waals surface area contributed by atoms with Crippen molar-refractivity contribution in [2.45, 2.75) is 31.4 Å². The molecule has 4 N–H and O–H groups in total. The molecule has 1 rings (SSSR count). The zero-order valence-electron chi connectivity index (χ0n) is 6.45. The zero-order valence-corrected chi connectivity index (χ0v) is 6.45. The van der Waals surface area contributed by atoms with E-state index in [9.17, 15) is 4.79 Å². The van der Waals surface area contributed by atoms with Gasteiger partial charge in [-0.2, -0.15) is 0 Å². The highest BCUT2D eigenvalue weighted by molar-refractivity contribution is 5.74. The normalized spacial score (nSPS) is 31.7. The molecule has 64 valence electrons. The lowest BCUT2D eigenvalue weighted by atomic mass is 10.0. The lowest BCUT2D eigenvalue weighted by Gasteiger charge is -2.25. The highest BCUT2D eigenvalue weighted by atomic mass is 16.5. The van der Waals surface area contributed by atoms with E-state index in [-0.39, 0.29) is 18.1 Å². The zero-order chi connectivity index (χ0) is 8.27. The molecule has 4 heteroatoms. The van der Waals surface area contributed by atoms with Gasteiger partial charge in [-0.3, -0.25) is 4.79 Å². The van der Waals surface area contributed by atoms with Crippen molar-refractivity contribution in [3.8, 4) is 0 Å². The van der Waals surface area contributed by atoms with Crippen molar-refractivity contribution >= 4 is 5.91 Å². The van der Waals surface area contributed by atoms with Crippen molar-refractivity contribution in [1.29, 1.82) is 0 Å². The van der Waals surface area contributed by atoms with Gasteiger partial charge >= 0.3 is 0 Å². The van der Waals surface area contributed by atoms with Crippen LogP contribution in [-0.2, 0) is 9.53 Å². The summed E-state index contributed by atoms with van der Waals surface area (Å²) < 4.78 is 5.28. The second-order valence-corrected chi connectivity index (χ2v) is 2.96. The largest absolute Gasteiger partial charge is 0.376 e. The van der Waals surface area contributed by atoms with Crippen LogP contribution in [0.1, 0.15) is 19.3 Å². The third kappa shape index (κ3) is 2.86. The first-order valence-corrected chi connectivity index (χ1v) is 3.84. The SMILES string of the molecule is NC(=O)C[C@@H]1CCC(N)CO1. The number of rotatable bonds is 2. The van der Waals surface area contributed by atoms with Gasteiger partial charge in [0.1, 0.15) is 0 Å². The third-order valence-electron chi connectivity index (χ3n) is 1.83. The predicted octanol–water partition coefficient (Wildman–Crippen LogP) is -0.632. The van der Waals surface area contributed by atoms with Crippen LogP contribution in [0.4, 0.5) is 0 Å². The summed E-state index contributed by atoms with van der Waals surface area (Å²) in [6, 6.07) is 0.138. The number of nitrogens with two attached hydrogens (primary N) is 2. The van der Waals surface area contributed by atoms with E-state index in [2.05, 4.69) is 0 Å². The molecule has 0 aromatic heterocycles. The van der Waals surface area contributed by atoms with Gasteiger partial charge in [0.2, 0.25) is 5.91 Å². The molecule has 1 saturated heterocycles. The van der Waals surface area contributed by atoms with E-state index in [1.54, 1.807) is 0 Å². The molecule has 0 radical (unpaired) electrons. The van der Waals surface area contributed by atoms with E-state index in [1.807, 2.05) is 0 Å². The van der Waals surface area contributed by atoms with E-state index < -0.39 is 0 Å². The van der Waals surface area contributed by atoms with Gasteiger partial charge in [0.25, 0.3) is 0 Å². The number of amides is 1. The number of ether oxygens (including phenoxy) is 1. The highest BCUT2D eigenvalue weighted by Crippen LogP contribution is 2.14. The summed E-state index contributed by atoms with van der Waals surface area (Å²) in [5.74, 6) is -0.300. The minimum absolute atomic E-state index is 0.00676. The van der Waals surface area contributed by atoms with Gasteiger partial charge < -0.3 is 16.2 Å². The molecule has 0 saturated carbocycles. The molecule has 1 fully saturated rings. The minimum Gasteiger partial charge on any atom is -0.376 e. The van der Waals surface area contributed by atoms with Gasteiger partial charge in [-0.25, -0.2) is 0 Å². The van der Waals surface area contributed by atoms with E-state index in [0.717, 1.165) is 12.8 Å². The van der Waals surface area contributed by atoms with Crippen molar-refractivity contribution in [2.24, 2.45) is 11.5 Å². The minimum atomic E-state index is -0.300. The van der Waals surface area contributed by atoms with Crippen molar-refractivity contribution in [1.82, 2.24) is 0 Å². The van der Waals surface area contributed by atoms with Crippen LogP contribution in [-0.4, -0.2) is 24.7 Å². The summed E-state index contributed by atoms with van der Waals surface area (Å²) in [6.45, 7) is 0.554. The smallest absolute Gasteiger partial charge is 0.220 e. The van der Waals surface area contributed by atoms with E-state index in [0.29, 0.717) is 13.0 Å². The Labute approximate surface area is 65.9 Å². The Bertz CT molecular complexity index is 141. The molecule has 4 nitrogen and oxygen atoms in total. The quantitative estimate of drug-likeness (QED) is 0.561. The van der Waals surface area contributed by atoms with Crippen LogP contribution in [0.25, 0.3) is 0 Å². The average Bonchev–Trinajstić information content (AvgIpc) is 1.93. The van der Waals surface area contributed by atoms with Gasteiger partial charge in [-0.1, -0.05) is 0 Å². The van der Waals surface area contributed by atoms with E-state index in [4.69, 9.17) is 16.2 Å². The number of carbonyl (C=O) groups is 1. The molecule has 2 atom stereocenters. The Morgan fingerprint density at radius 2 is 2.27 bits per heavy atom. The fraction of sp³-hybridized carbons (Fsp3) is 0.857. The van der Waals surface area contributed by atoms with Crippen molar-refractivity contribution in [2.75, 3.05) is 6.61 Å². The molecule has 1 aliphatic rings. The number of primary amides is 1. The van der Waals surface area contributed by atoms with Gasteiger partial charge in [0, 0.05) is 6.04 Å². The lowest BCUT2D eigenvalue weighted by Crippen LogP contribution is -2.37. The summed E-state index contributed by atoms with van der Waals surface area (Å²) in [6.07, 6.45) is 2.11. The maximum absolute atomic E-state index is 10.5. The topological polar surface area (TPSA) is 78.3 Å². The number of hydrogen-bond donors (Lipinski definition) is 2. The molecule has 11 heavy (non-hydrogen) atoms. The van der Waals surface area contributed by atoms with Crippen LogP contribution >= 0.6 is 0 Å². The molecule has 1 amide bonds. The maximum atomic E-state index is 10.5. The van der Waals surface area contributed by atoms with Crippen LogP contribution in [0.2, 0.25) is 0 Å². The number of hydrogen-bond acceptors (Lipinski definition) is 3. The molecule has 1 unspecified atom stereocenters. The van der Waals surface area contributed by atoms with Crippen molar-refractivity contribution in [3.05, 3.63) is 0 Å². The Balaban J connectivity index is 2.22. The first-order valence-electron chi connectivity index (χ1n) is 3.84. The van der Waals surface area contributed by atoms with Gasteiger partial charge in [0.05, 0.1) is 19.1 Å². The molecule has 0 aliphatic carbocycles. The van der Waals surface area contributed by atoms with Crippen molar-refractivity contribution in [3.63, 3.8) is 0 Å². The summed E-state index contributed by atoms with van der Waals surface area (Å²) in [5.41, 5.74) is 10.6. The van der Waals surface area contributed by atoms with Crippen LogP contribution in [0.15, 0.2) is 0 Å². The summed E-state index contributed by atoms with van der Waals surface area (Å²) in [4.78, 5) is 10.5. The molecular formula is C7H14N2O2. The molecular weight excluding hydrogens is 144 g/mol. The molecule has 0 spiro atoms. The van der Waals surface area contributed by atoms with Gasteiger partial charge in [-0.05, 0) is 12.8 Å². The van der Waals surface area contributed by atoms with Crippen LogP contribution in [0.5, 0.6) is 0 Å². The molecule has 1 aliphatic heterocycles. The fourth-order valence-corrected chi connectivity index (χ4v) is 1.21. The molecule has 0 bridgehead atoms. The summed E-state index contributed by atoms with van der Waals surface area (Å²) in [7, 11) is 0. The lowest BCUT2D eigenvalue weighted by molar-refractivity contribution is -0.121. The fourth-order valence-electron chi connectivity index (χ4n) is 1.21. The standard InChI is InChI=1S/C7H14N2O2/c8-5-1-2-6(11-4-5)3-7(9)10/h5-6H,1-4,8H2,(H2,9,10)/t5?,6-/m0/s1. The highest BCUT2D eigenvalue weighted by Gasteiger charge is 2.20. The first-order chi connectivity index (χ1) is 5.18. The molecule has 0 aromatic rings. The molecule has 1 heterocycles. The predicted molar refractivity (Wildman–Crippen MR) is 40.8 cm³/mol. The monoisotopic (exact) mass is 158 g/mol. The van der Waals surface area contributed by atoms with Crippen LogP contribution < -0.4 is 11.5 Å². The Hall–Kier alpha value is -0.610. The second-order valence-electron chi connectivity index (χ2n) is 2.96. The summed E-state index contributed by atoms with van der Waals surface area (Å²) in [5, 5.41) is 0. The van der Waals surface area contributed by atoms with Gasteiger partial charge in [-0.15, -0.1) is 0 Å². The van der Waals surface area contributed by atoms with Crippen LogP contribution in [0, 0.1) is 0 Å². The van der Waals surface area contributed by atoms with Crippen molar-refractivity contribution < 1.29 is 9.53 Å². The second kappa shape index (κ2) is 3.69. The summed E-state index contributed by atoms with van der Waals surface area (Å²) >= 11 is 0. The Kier molecular flexibility index (Phi) is 2.84. The van der Waals surface area contributed by atoms with E-state index in [1.165, 1.54) is 0 Å². The number of carbonyl (C=O) groups excluding carboxylic acids is 1.